The minimum atomic E-state index is -0.204. The van der Waals surface area contributed by atoms with E-state index in [9.17, 15) is 4.79 Å². The molecule has 0 aliphatic heterocycles. The molecule has 0 aliphatic carbocycles. The van der Waals surface area contributed by atoms with Crippen molar-refractivity contribution in [3.8, 4) is 11.4 Å². The number of nitrogens with one attached hydrogen (secondary N) is 1. The quantitative estimate of drug-likeness (QED) is 0.248. The molecule has 30 heavy (non-hydrogen) atoms. The Kier molecular flexibility index (Phi) is 6.25. The molecule has 0 saturated carbocycles. The van der Waals surface area contributed by atoms with E-state index >= 15 is 0 Å². The van der Waals surface area contributed by atoms with Gasteiger partial charge in [-0.1, -0.05) is 82.3 Å². The Balaban J connectivity index is 1.36. The van der Waals surface area contributed by atoms with Crippen molar-refractivity contribution >= 4 is 50.6 Å². The second kappa shape index (κ2) is 9.23. The average molecular weight is 480 g/mol. The Bertz CT molecular complexity index is 1210. The first-order chi connectivity index (χ1) is 14.6. The molecule has 0 aliphatic rings. The number of fused-ring (bicyclic) bond motifs is 1. The number of carbonyl (C=O) groups is 1. The molecule has 8 heteroatoms. The zero-order chi connectivity index (χ0) is 20.9. The summed E-state index contributed by atoms with van der Waals surface area (Å²) in [6.45, 7) is 0. The first-order valence-electron chi connectivity index (χ1n) is 9.19. The highest BCUT2D eigenvalue weighted by atomic mass is 79.9. The van der Waals surface area contributed by atoms with E-state index in [0.29, 0.717) is 5.16 Å². The molecule has 1 N–H and O–H groups in total. The van der Waals surface area contributed by atoms with Gasteiger partial charge in [-0.25, -0.2) is 5.43 Å². The van der Waals surface area contributed by atoms with Crippen molar-refractivity contribution in [3.63, 3.8) is 0 Å². The number of rotatable bonds is 6. The van der Waals surface area contributed by atoms with Crippen LogP contribution in [0.4, 0.5) is 0 Å². The lowest BCUT2D eigenvalue weighted by molar-refractivity contribution is -0.118. The molecule has 0 radical (unpaired) electrons. The first kappa shape index (κ1) is 20.3. The monoisotopic (exact) mass is 479 g/mol. The van der Waals surface area contributed by atoms with E-state index in [1.807, 2.05) is 78.3 Å². The standard InChI is InChI=1S/C22H18BrN5OS/c1-28-21(16-9-11-18(23)12-10-16)26-27-22(28)30-14-20(29)25-24-13-17-7-4-6-15-5-2-3-8-19(15)17/h2-13H,14H2,1H3,(H,25,29)/b24-13+. The predicted molar refractivity (Wildman–Crippen MR) is 125 cm³/mol. The van der Waals surface area contributed by atoms with E-state index < -0.39 is 0 Å². The summed E-state index contributed by atoms with van der Waals surface area (Å²) in [5.74, 6) is 0.739. The number of hydrazone groups is 1. The Morgan fingerprint density at radius 3 is 2.70 bits per heavy atom. The molecule has 3 aromatic carbocycles. The lowest BCUT2D eigenvalue weighted by Gasteiger charge is -2.04. The maximum Gasteiger partial charge on any atom is 0.250 e. The van der Waals surface area contributed by atoms with E-state index in [0.717, 1.165) is 32.2 Å². The number of halogens is 1. The highest BCUT2D eigenvalue weighted by molar-refractivity contribution is 9.10. The molecule has 1 aromatic heterocycles. The van der Waals surface area contributed by atoms with E-state index in [-0.39, 0.29) is 11.7 Å². The topological polar surface area (TPSA) is 72.2 Å². The van der Waals surface area contributed by atoms with Gasteiger partial charge >= 0.3 is 0 Å². The lowest BCUT2D eigenvalue weighted by atomic mass is 10.1. The summed E-state index contributed by atoms with van der Waals surface area (Å²) in [6, 6.07) is 21.9. The lowest BCUT2D eigenvalue weighted by Crippen LogP contribution is -2.19. The Morgan fingerprint density at radius 1 is 1.10 bits per heavy atom. The van der Waals surface area contributed by atoms with Gasteiger partial charge in [-0.05, 0) is 22.9 Å². The minimum Gasteiger partial charge on any atom is -0.305 e. The van der Waals surface area contributed by atoms with Crippen molar-refractivity contribution < 1.29 is 4.79 Å². The van der Waals surface area contributed by atoms with Crippen LogP contribution in [0.5, 0.6) is 0 Å². The normalized spacial score (nSPS) is 11.3. The zero-order valence-corrected chi connectivity index (χ0v) is 18.5. The van der Waals surface area contributed by atoms with Gasteiger partial charge in [0.1, 0.15) is 0 Å². The van der Waals surface area contributed by atoms with Crippen LogP contribution in [-0.2, 0) is 11.8 Å². The van der Waals surface area contributed by atoms with Gasteiger partial charge in [-0.2, -0.15) is 5.10 Å². The summed E-state index contributed by atoms with van der Waals surface area (Å²) in [4.78, 5) is 12.2. The Labute approximate surface area is 186 Å². The molecule has 6 nitrogen and oxygen atoms in total. The second-order valence-electron chi connectivity index (χ2n) is 6.52. The van der Waals surface area contributed by atoms with Crippen molar-refractivity contribution in [2.45, 2.75) is 5.16 Å². The number of thioether (sulfide) groups is 1. The summed E-state index contributed by atoms with van der Waals surface area (Å²) >= 11 is 4.74. The van der Waals surface area contributed by atoms with Crippen molar-refractivity contribution in [1.29, 1.82) is 0 Å². The van der Waals surface area contributed by atoms with Crippen LogP contribution in [-0.4, -0.2) is 32.6 Å². The highest BCUT2D eigenvalue weighted by Gasteiger charge is 2.12. The van der Waals surface area contributed by atoms with Gasteiger partial charge in [0.2, 0.25) is 0 Å². The van der Waals surface area contributed by atoms with E-state index in [2.05, 4.69) is 36.7 Å². The summed E-state index contributed by atoms with van der Waals surface area (Å²) in [5, 5.41) is 15.4. The van der Waals surface area contributed by atoms with Crippen LogP contribution in [0, 0.1) is 0 Å². The molecule has 0 atom stereocenters. The maximum absolute atomic E-state index is 12.2. The molecule has 0 unspecified atom stereocenters. The fraction of sp³-hybridized carbons (Fsp3) is 0.0909. The fourth-order valence-corrected chi connectivity index (χ4v) is 3.96. The molecule has 0 saturated heterocycles. The van der Waals surface area contributed by atoms with Crippen LogP contribution in [0.1, 0.15) is 5.56 Å². The van der Waals surface area contributed by atoms with E-state index in [1.54, 1.807) is 6.21 Å². The van der Waals surface area contributed by atoms with Crippen LogP contribution < -0.4 is 5.43 Å². The molecule has 0 fully saturated rings. The van der Waals surface area contributed by atoms with Gasteiger partial charge in [0.15, 0.2) is 11.0 Å². The smallest absolute Gasteiger partial charge is 0.250 e. The largest absolute Gasteiger partial charge is 0.305 e. The van der Waals surface area contributed by atoms with Crippen LogP contribution in [0.3, 0.4) is 0 Å². The summed E-state index contributed by atoms with van der Waals surface area (Å²) < 4.78 is 2.88. The number of carbonyl (C=O) groups excluding carboxylic acids is 1. The Hall–Kier alpha value is -2.97. The van der Waals surface area contributed by atoms with Crippen LogP contribution in [0.2, 0.25) is 0 Å². The van der Waals surface area contributed by atoms with Gasteiger partial charge in [-0.3, -0.25) is 4.79 Å². The van der Waals surface area contributed by atoms with E-state index in [4.69, 9.17) is 0 Å². The van der Waals surface area contributed by atoms with Gasteiger partial charge in [0.25, 0.3) is 5.91 Å². The molecule has 150 valence electrons. The summed E-state index contributed by atoms with van der Waals surface area (Å²) in [5.41, 5.74) is 4.49. The molecule has 1 amide bonds. The minimum absolute atomic E-state index is 0.194. The number of nitrogens with zero attached hydrogens (tertiary/aromatic N) is 4. The van der Waals surface area contributed by atoms with Crippen molar-refractivity contribution in [3.05, 3.63) is 76.8 Å². The fourth-order valence-electron chi connectivity index (χ4n) is 2.99. The molecular weight excluding hydrogens is 462 g/mol. The third kappa shape index (κ3) is 4.60. The molecule has 0 spiro atoms. The van der Waals surface area contributed by atoms with Crippen LogP contribution in [0.25, 0.3) is 22.2 Å². The van der Waals surface area contributed by atoms with Gasteiger partial charge in [-0.15, -0.1) is 10.2 Å². The van der Waals surface area contributed by atoms with Crippen molar-refractivity contribution in [2.24, 2.45) is 12.1 Å². The number of hydrogen-bond acceptors (Lipinski definition) is 5. The SMILES string of the molecule is Cn1c(SCC(=O)N/N=C/c2cccc3ccccc23)nnc1-c1ccc(Br)cc1. The van der Waals surface area contributed by atoms with Gasteiger partial charge < -0.3 is 4.57 Å². The molecular formula is C22H18BrN5OS. The van der Waals surface area contributed by atoms with Crippen LogP contribution in [0.15, 0.2) is 81.5 Å². The summed E-state index contributed by atoms with van der Waals surface area (Å²) in [7, 11) is 1.89. The molecule has 1 heterocycles. The van der Waals surface area contributed by atoms with Crippen LogP contribution >= 0.6 is 27.7 Å². The average Bonchev–Trinajstić information content (AvgIpc) is 3.13. The molecule has 4 aromatic rings. The molecule has 4 rings (SSSR count). The molecule has 0 bridgehead atoms. The first-order valence-corrected chi connectivity index (χ1v) is 11.0. The van der Waals surface area contributed by atoms with Gasteiger partial charge in [0.05, 0.1) is 12.0 Å². The zero-order valence-electron chi connectivity index (χ0n) is 16.1. The third-order valence-electron chi connectivity index (χ3n) is 4.49. The van der Waals surface area contributed by atoms with Crippen molar-refractivity contribution in [2.75, 3.05) is 5.75 Å². The van der Waals surface area contributed by atoms with Crippen molar-refractivity contribution in [1.82, 2.24) is 20.2 Å². The number of benzene rings is 3. The second-order valence-corrected chi connectivity index (χ2v) is 8.38. The summed E-state index contributed by atoms with van der Waals surface area (Å²) in [6.07, 6.45) is 1.67. The Morgan fingerprint density at radius 2 is 1.87 bits per heavy atom. The number of hydrogen-bond donors (Lipinski definition) is 1. The maximum atomic E-state index is 12.2. The number of amides is 1. The number of aromatic nitrogens is 3. The third-order valence-corrected chi connectivity index (χ3v) is 6.03. The highest BCUT2D eigenvalue weighted by Crippen LogP contribution is 2.24. The van der Waals surface area contributed by atoms with E-state index in [1.165, 1.54) is 11.8 Å². The van der Waals surface area contributed by atoms with Gasteiger partial charge in [0, 0.05) is 22.6 Å². The predicted octanol–water partition coefficient (Wildman–Crippen LogP) is 4.64.